The van der Waals surface area contributed by atoms with Gasteiger partial charge < -0.3 is 9.47 Å². The van der Waals surface area contributed by atoms with Crippen molar-refractivity contribution in [2.75, 3.05) is 4.90 Å². The Morgan fingerprint density at radius 3 is 1.98 bits per heavy atom. The average Bonchev–Trinajstić information content (AvgIpc) is 3.67. The van der Waals surface area contributed by atoms with Gasteiger partial charge in [-0.25, -0.2) is 9.97 Å². The number of para-hydroxylation sites is 4. The lowest BCUT2D eigenvalue weighted by molar-refractivity contribution is 0.632. The molecular weight excluding hydrogens is 741 g/mol. The molecule has 12 rings (SSSR count). The quantitative estimate of drug-likeness (QED) is 0.174. The van der Waals surface area contributed by atoms with Crippen molar-refractivity contribution in [3.05, 3.63) is 217 Å². The zero-order valence-corrected chi connectivity index (χ0v) is 33.9. The second-order valence-electron chi connectivity index (χ2n) is 16.6. The highest BCUT2D eigenvalue weighted by Gasteiger charge is 2.37. The van der Waals surface area contributed by atoms with E-state index in [0.717, 1.165) is 44.6 Å². The predicted octanol–water partition coefficient (Wildman–Crippen LogP) is 15.0. The lowest BCUT2D eigenvalue weighted by atomic mass is 9.73. The van der Waals surface area contributed by atoms with Gasteiger partial charge in [0.25, 0.3) is 0 Å². The Morgan fingerprint density at radius 1 is 0.443 bits per heavy atom. The molecule has 0 fully saturated rings. The van der Waals surface area contributed by atoms with Crippen LogP contribution in [0.4, 0.5) is 17.1 Å². The van der Waals surface area contributed by atoms with E-state index in [1.165, 1.54) is 60.7 Å². The molecule has 1 aliphatic rings. The molecule has 0 bridgehead atoms. The smallest absolute Gasteiger partial charge is 0.160 e. The Hall–Kier alpha value is -7.82. The largest absolute Gasteiger partial charge is 0.310 e. The van der Waals surface area contributed by atoms with E-state index in [9.17, 15) is 0 Å². The molecule has 0 atom stereocenters. The van der Waals surface area contributed by atoms with Crippen LogP contribution in [-0.4, -0.2) is 14.5 Å². The molecule has 4 nitrogen and oxygen atoms in total. The summed E-state index contributed by atoms with van der Waals surface area (Å²) in [4.78, 5) is 12.9. The van der Waals surface area contributed by atoms with Gasteiger partial charge in [0.15, 0.2) is 5.82 Å². The fraction of sp³-hybridized carbons (Fsp3) is 0.0526. The predicted molar refractivity (Wildman–Crippen MR) is 255 cm³/mol. The second kappa shape index (κ2) is 13.6. The van der Waals surface area contributed by atoms with E-state index in [4.69, 9.17) is 9.97 Å². The highest BCUT2D eigenvalue weighted by Crippen LogP contribution is 2.53. The number of hydrogen-bond acceptors (Lipinski definition) is 3. The zero-order chi connectivity index (χ0) is 40.7. The van der Waals surface area contributed by atoms with E-state index in [-0.39, 0.29) is 5.41 Å². The van der Waals surface area contributed by atoms with Gasteiger partial charge in [-0.1, -0.05) is 166 Å². The van der Waals surface area contributed by atoms with Crippen LogP contribution in [0.1, 0.15) is 25.0 Å². The maximum atomic E-state index is 5.27. The van der Waals surface area contributed by atoms with Gasteiger partial charge in [-0.15, -0.1) is 0 Å². The minimum absolute atomic E-state index is 0.239. The van der Waals surface area contributed by atoms with E-state index in [0.29, 0.717) is 5.82 Å². The first-order valence-electron chi connectivity index (χ1n) is 21.0. The molecule has 0 spiro atoms. The van der Waals surface area contributed by atoms with Crippen molar-refractivity contribution in [3.8, 4) is 39.5 Å². The molecule has 11 aromatic rings. The normalized spacial score (nSPS) is 13.2. The first-order chi connectivity index (χ1) is 30.0. The first kappa shape index (κ1) is 35.2. The van der Waals surface area contributed by atoms with E-state index in [2.05, 4.69) is 217 Å². The van der Waals surface area contributed by atoms with Gasteiger partial charge in [0.1, 0.15) is 0 Å². The summed E-state index contributed by atoms with van der Waals surface area (Å²) in [5.41, 5.74) is 15.6. The highest BCUT2D eigenvalue weighted by molar-refractivity contribution is 6.23. The lowest BCUT2D eigenvalue weighted by Gasteiger charge is -2.42. The fourth-order valence-electron chi connectivity index (χ4n) is 9.87. The van der Waals surface area contributed by atoms with Crippen molar-refractivity contribution in [1.29, 1.82) is 0 Å². The van der Waals surface area contributed by atoms with Crippen LogP contribution in [-0.2, 0) is 5.41 Å². The molecule has 1 aliphatic heterocycles. The van der Waals surface area contributed by atoms with Crippen LogP contribution in [0.15, 0.2) is 206 Å². The van der Waals surface area contributed by atoms with Gasteiger partial charge in [-0.05, 0) is 82.1 Å². The summed E-state index contributed by atoms with van der Waals surface area (Å²) in [6.45, 7) is 4.73. The summed E-state index contributed by atoms with van der Waals surface area (Å²) in [5.74, 6) is 0.700. The third-order valence-electron chi connectivity index (χ3n) is 12.7. The first-order valence-corrected chi connectivity index (χ1v) is 21.0. The van der Waals surface area contributed by atoms with Crippen molar-refractivity contribution in [3.63, 3.8) is 0 Å². The van der Waals surface area contributed by atoms with E-state index in [1.54, 1.807) is 0 Å². The number of rotatable bonds is 5. The fourth-order valence-corrected chi connectivity index (χ4v) is 9.87. The molecule has 0 amide bonds. The van der Waals surface area contributed by atoms with Gasteiger partial charge >= 0.3 is 0 Å². The Kier molecular flexibility index (Phi) is 7.85. The molecule has 288 valence electrons. The Labute approximate surface area is 354 Å². The maximum absolute atomic E-state index is 5.27. The van der Waals surface area contributed by atoms with Crippen LogP contribution in [0.25, 0.3) is 82.9 Å². The van der Waals surface area contributed by atoms with Crippen LogP contribution in [0, 0.1) is 0 Å². The SMILES string of the molecule is CC1(C)c2ccccc2N(c2ccccc2)c2ccc(-c3cccc4c5c6ccccc6ccc5n(-c5cccc(-c6nc(-c7ccccc7)c7ccccc7n6)c5)c34)cc21. The molecule has 0 saturated carbocycles. The molecule has 2 aromatic heterocycles. The minimum atomic E-state index is -0.239. The van der Waals surface area contributed by atoms with Crippen LogP contribution < -0.4 is 4.90 Å². The van der Waals surface area contributed by atoms with Crippen molar-refractivity contribution in [2.24, 2.45) is 0 Å². The molecule has 9 aromatic carbocycles. The van der Waals surface area contributed by atoms with Gasteiger partial charge in [0.05, 0.1) is 33.6 Å². The minimum Gasteiger partial charge on any atom is -0.310 e. The summed E-state index contributed by atoms with van der Waals surface area (Å²) >= 11 is 0. The Balaban J connectivity index is 1.10. The van der Waals surface area contributed by atoms with Crippen LogP contribution >= 0.6 is 0 Å². The lowest BCUT2D eigenvalue weighted by Crippen LogP contribution is -2.30. The van der Waals surface area contributed by atoms with Crippen LogP contribution in [0.5, 0.6) is 0 Å². The molecule has 0 saturated heterocycles. The number of hydrogen-bond donors (Lipinski definition) is 0. The average molecular weight is 781 g/mol. The Bertz CT molecular complexity index is 3510. The summed E-state index contributed by atoms with van der Waals surface area (Å²) in [5, 5.41) is 5.97. The van der Waals surface area contributed by atoms with Gasteiger partial charge in [-0.3, -0.25) is 0 Å². The molecule has 0 aliphatic carbocycles. The molecule has 0 unspecified atom stereocenters. The Morgan fingerprint density at radius 2 is 1.11 bits per heavy atom. The molecular formula is C57H40N4. The van der Waals surface area contributed by atoms with Crippen molar-refractivity contribution < 1.29 is 0 Å². The maximum Gasteiger partial charge on any atom is 0.160 e. The number of nitrogens with zero attached hydrogens (tertiary/aromatic N) is 4. The van der Waals surface area contributed by atoms with Gasteiger partial charge in [0, 0.05) is 49.6 Å². The molecule has 61 heavy (non-hydrogen) atoms. The standard InChI is InChI=1S/C57H40N4/c1-57(2)47-28-12-14-30-50(47)60(41-21-7-4-8-22-41)51-33-32-39(36-48(51)57)44-26-16-27-46-53-43-24-10-9-17-37(43)31-34-52(53)61(55(44)46)42-23-15-20-40(35-42)56-58-49-29-13-11-25-45(49)54(59-56)38-18-5-3-6-19-38/h3-36H,1-2H3. The summed E-state index contributed by atoms with van der Waals surface area (Å²) < 4.78 is 2.46. The summed E-state index contributed by atoms with van der Waals surface area (Å²) in [6.07, 6.45) is 0. The number of fused-ring (bicyclic) bond motifs is 8. The number of anilines is 3. The third kappa shape index (κ3) is 5.46. The van der Waals surface area contributed by atoms with Crippen LogP contribution in [0.3, 0.4) is 0 Å². The third-order valence-corrected chi connectivity index (χ3v) is 12.7. The molecule has 0 N–H and O–H groups in total. The summed E-state index contributed by atoms with van der Waals surface area (Å²) in [7, 11) is 0. The highest BCUT2D eigenvalue weighted by atomic mass is 15.2. The van der Waals surface area contributed by atoms with Crippen molar-refractivity contribution >= 4 is 60.5 Å². The van der Waals surface area contributed by atoms with Gasteiger partial charge in [0.2, 0.25) is 0 Å². The van der Waals surface area contributed by atoms with E-state index in [1.807, 2.05) is 12.1 Å². The van der Waals surface area contributed by atoms with Crippen molar-refractivity contribution in [2.45, 2.75) is 19.3 Å². The second-order valence-corrected chi connectivity index (χ2v) is 16.6. The summed E-state index contributed by atoms with van der Waals surface area (Å²) in [6, 6.07) is 74.3. The van der Waals surface area contributed by atoms with Gasteiger partial charge in [-0.2, -0.15) is 0 Å². The van der Waals surface area contributed by atoms with Crippen molar-refractivity contribution in [1.82, 2.24) is 14.5 Å². The number of benzene rings is 9. The number of aromatic nitrogens is 3. The molecule has 3 heterocycles. The van der Waals surface area contributed by atoms with E-state index >= 15 is 0 Å². The van der Waals surface area contributed by atoms with E-state index < -0.39 is 0 Å². The topological polar surface area (TPSA) is 34.0 Å². The zero-order valence-electron chi connectivity index (χ0n) is 33.9. The molecule has 0 radical (unpaired) electrons. The molecule has 4 heteroatoms. The van der Waals surface area contributed by atoms with Crippen LogP contribution in [0.2, 0.25) is 0 Å². The monoisotopic (exact) mass is 780 g/mol.